The molecule has 0 bridgehead atoms. The van der Waals surface area contributed by atoms with Crippen LogP contribution in [0.25, 0.3) is 0 Å². The number of aryl methyl sites for hydroxylation is 1. The summed E-state index contributed by atoms with van der Waals surface area (Å²) in [5.41, 5.74) is 4.81. The summed E-state index contributed by atoms with van der Waals surface area (Å²) in [6.07, 6.45) is 6.36. The van der Waals surface area contributed by atoms with Crippen molar-refractivity contribution in [2.24, 2.45) is 11.3 Å². The van der Waals surface area contributed by atoms with Gasteiger partial charge in [0.2, 0.25) is 0 Å². The lowest BCUT2D eigenvalue weighted by Crippen LogP contribution is -2.41. The van der Waals surface area contributed by atoms with E-state index >= 15 is 0 Å². The highest BCUT2D eigenvalue weighted by Crippen LogP contribution is 2.43. The summed E-state index contributed by atoms with van der Waals surface area (Å²) >= 11 is 0. The monoisotopic (exact) mass is 262 g/mol. The van der Waals surface area contributed by atoms with Crippen molar-refractivity contribution < 1.29 is 4.79 Å². The summed E-state index contributed by atoms with van der Waals surface area (Å²) in [6, 6.07) is 1.77. The number of pyridine rings is 1. The van der Waals surface area contributed by atoms with Crippen LogP contribution in [-0.2, 0) is 0 Å². The van der Waals surface area contributed by atoms with Crippen molar-refractivity contribution >= 4 is 11.6 Å². The zero-order chi connectivity index (χ0) is 13.9. The molecular formula is C14H22N4O. The smallest absolute Gasteiger partial charge is 0.255 e. The van der Waals surface area contributed by atoms with E-state index in [9.17, 15) is 4.79 Å². The molecule has 5 nitrogen and oxygen atoms in total. The first-order chi connectivity index (χ1) is 9.10. The Labute approximate surface area is 114 Å². The van der Waals surface area contributed by atoms with Gasteiger partial charge < -0.3 is 10.7 Å². The topological polar surface area (TPSA) is 80.0 Å². The number of rotatable bonds is 5. The van der Waals surface area contributed by atoms with Gasteiger partial charge in [-0.3, -0.25) is 15.6 Å². The van der Waals surface area contributed by atoms with E-state index in [0.29, 0.717) is 16.7 Å². The van der Waals surface area contributed by atoms with Crippen molar-refractivity contribution in [3.05, 3.63) is 23.5 Å². The number of nitrogens with two attached hydrogens (primary N) is 1. The van der Waals surface area contributed by atoms with E-state index in [4.69, 9.17) is 5.84 Å². The molecule has 19 heavy (non-hydrogen) atoms. The fraction of sp³-hybridized carbons (Fsp3) is 0.571. The highest BCUT2D eigenvalue weighted by molar-refractivity contribution is 5.99. The molecule has 0 radical (unpaired) electrons. The van der Waals surface area contributed by atoms with Crippen molar-refractivity contribution in [2.45, 2.75) is 39.5 Å². The van der Waals surface area contributed by atoms with Crippen LogP contribution in [0, 0.1) is 12.3 Å². The number of aromatic nitrogens is 1. The van der Waals surface area contributed by atoms with Crippen molar-refractivity contribution in [2.75, 3.05) is 12.0 Å². The molecule has 1 amide bonds. The Morgan fingerprint density at radius 3 is 2.79 bits per heavy atom. The van der Waals surface area contributed by atoms with Crippen LogP contribution in [0.4, 0.5) is 5.69 Å². The van der Waals surface area contributed by atoms with Crippen LogP contribution < -0.4 is 16.6 Å². The number of hydrogen-bond donors (Lipinski definition) is 3. The third kappa shape index (κ3) is 2.87. The number of hydrazine groups is 1. The molecule has 1 fully saturated rings. The third-order valence-electron chi connectivity index (χ3n) is 4.23. The summed E-state index contributed by atoms with van der Waals surface area (Å²) < 4.78 is 0. The van der Waals surface area contributed by atoms with Crippen molar-refractivity contribution in [3.63, 3.8) is 0 Å². The maximum absolute atomic E-state index is 12.2. The van der Waals surface area contributed by atoms with E-state index < -0.39 is 0 Å². The largest absolute Gasteiger partial charge is 0.351 e. The van der Waals surface area contributed by atoms with Crippen LogP contribution >= 0.6 is 0 Å². The standard InChI is InChI=1S/C14H22N4O/c1-3-14(5-4-6-14)9-17-13(19)11-8-16-10(2)7-12(11)18-15/h7-8H,3-6,9,15H2,1-2H3,(H,16,18)(H,17,19). The lowest BCUT2D eigenvalue weighted by Gasteiger charge is -2.41. The third-order valence-corrected chi connectivity index (χ3v) is 4.23. The van der Waals surface area contributed by atoms with E-state index in [1.807, 2.05) is 6.92 Å². The molecule has 4 N–H and O–H groups in total. The predicted octanol–water partition coefficient (Wildman–Crippen LogP) is 1.99. The first-order valence-electron chi connectivity index (χ1n) is 6.82. The van der Waals surface area contributed by atoms with Gasteiger partial charge in [0, 0.05) is 18.4 Å². The van der Waals surface area contributed by atoms with Gasteiger partial charge in [-0.05, 0) is 37.7 Å². The van der Waals surface area contributed by atoms with Gasteiger partial charge in [-0.15, -0.1) is 0 Å². The molecule has 2 rings (SSSR count). The van der Waals surface area contributed by atoms with Crippen LogP contribution in [0.2, 0.25) is 0 Å². The quantitative estimate of drug-likeness (QED) is 0.560. The number of nitrogens with one attached hydrogen (secondary N) is 2. The van der Waals surface area contributed by atoms with Gasteiger partial charge in [0.05, 0.1) is 11.3 Å². The molecule has 0 unspecified atom stereocenters. The van der Waals surface area contributed by atoms with Crippen molar-refractivity contribution in [1.82, 2.24) is 10.3 Å². The fourth-order valence-corrected chi connectivity index (χ4v) is 2.56. The number of carbonyl (C=O) groups is 1. The molecule has 0 saturated heterocycles. The Balaban J connectivity index is 2.03. The molecule has 0 atom stereocenters. The maximum atomic E-state index is 12.2. The first kappa shape index (κ1) is 13.8. The van der Waals surface area contributed by atoms with Crippen LogP contribution in [0.1, 0.15) is 48.7 Å². The van der Waals surface area contributed by atoms with Gasteiger partial charge >= 0.3 is 0 Å². The molecule has 1 aromatic rings. The SMILES string of the molecule is CCC1(CNC(=O)c2cnc(C)cc2NN)CCC1. The molecular weight excluding hydrogens is 240 g/mol. The first-order valence-corrected chi connectivity index (χ1v) is 6.82. The van der Waals surface area contributed by atoms with Gasteiger partial charge in [-0.2, -0.15) is 0 Å². The second kappa shape index (κ2) is 5.57. The Morgan fingerprint density at radius 2 is 2.26 bits per heavy atom. The Kier molecular flexibility index (Phi) is 4.04. The Bertz CT molecular complexity index is 463. The average Bonchev–Trinajstić information content (AvgIpc) is 2.37. The second-order valence-electron chi connectivity index (χ2n) is 5.41. The molecule has 0 spiro atoms. The lowest BCUT2D eigenvalue weighted by atomic mass is 9.67. The van der Waals surface area contributed by atoms with Gasteiger partial charge in [-0.25, -0.2) is 0 Å². The highest BCUT2D eigenvalue weighted by Gasteiger charge is 2.35. The molecule has 1 aliphatic carbocycles. The van der Waals surface area contributed by atoms with Gasteiger partial charge in [-0.1, -0.05) is 13.3 Å². The van der Waals surface area contributed by atoms with E-state index in [-0.39, 0.29) is 5.91 Å². The second-order valence-corrected chi connectivity index (χ2v) is 5.41. The molecule has 5 heteroatoms. The van der Waals surface area contributed by atoms with Crippen molar-refractivity contribution in [3.8, 4) is 0 Å². The van der Waals surface area contributed by atoms with Gasteiger partial charge in [0.25, 0.3) is 5.91 Å². The summed E-state index contributed by atoms with van der Waals surface area (Å²) in [5.74, 6) is 5.33. The van der Waals surface area contributed by atoms with Crippen LogP contribution in [0.5, 0.6) is 0 Å². The zero-order valence-electron chi connectivity index (χ0n) is 11.6. The van der Waals surface area contributed by atoms with Crippen molar-refractivity contribution in [1.29, 1.82) is 0 Å². The molecule has 1 heterocycles. The van der Waals surface area contributed by atoms with Crippen LogP contribution in [0.15, 0.2) is 12.3 Å². The molecule has 1 aromatic heterocycles. The predicted molar refractivity (Wildman–Crippen MR) is 75.7 cm³/mol. The molecule has 1 saturated carbocycles. The fourth-order valence-electron chi connectivity index (χ4n) is 2.56. The van der Waals surface area contributed by atoms with E-state index in [1.54, 1.807) is 12.3 Å². The highest BCUT2D eigenvalue weighted by atomic mass is 16.1. The van der Waals surface area contributed by atoms with Gasteiger partial charge in [0.15, 0.2) is 0 Å². The molecule has 0 aromatic carbocycles. The molecule has 104 valence electrons. The lowest BCUT2D eigenvalue weighted by molar-refractivity contribution is 0.0850. The minimum atomic E-state index is -0.111. The average molecular weight is 262 g/mol. The minimum absolute atomic E-state index is 0.111. The summed E-state index contributed by atoms with van der Waals surface area (Å²) in [5, 5.41) is 3.01. The molecule has 0 aliphatic heterocycles. The normalized spacial score (nSPS) is 16.6. The van der Waals surface area contributed by atoms with Gasteiger partial charge in [0.1, 0.15) is 0 Å². The molecule has 1 aliphatic rings. The van der Waals surface area contributed by atoms with Crippen LogP contribution in [0.3, 0.4) is 0 Å². The Morgan fingerprint density at radius 1 is 1.53 bits per heavy atom. The minimum Gasteiger partial charge on any atom is -0.351 e. The number of hydrogen-bond acceptors (Lipinski definition) is 4. The zero-order valence-corrected chi connectivity index (χ0v) is 11.6. The van der Waals surface area contributed by atoms with E-state index in [1.165, 1.54) is 19.3 Å². The number of carbonyl (C=O) groups excluding carboxylic acids is 1. The summed E-state index contributed by atoms with van der Waals surface area (Å²) in [7, 11) is 0. The summed E-state index contributed by atoms with van der Waals surface area (Å²) in [4.78, 5) is 16.3. The number of nitrogen functional groups attached to an aromatic ring is 1. The Hall–Kier alpha value is -1.62. The number of amides is 1. The van der Waals surface area contributed by atoms with Crippen LogP contribution in [-0.4, -0.2) is 17.4 Å². The van der Waals surface area contributed by atoms with E-state index in [0.717, 1.165) is 18.7 Å². The number of nitrogens with zero attached hydrogens (tertiary/aromatic N) is 1. The summed E-state index contributed by atoms with van der Waals surface area (Å²) in [6.45, 7) is 4.79. The maximum Gasteiger partial charge on any atom is 0.255 e. The van der Waals surface area contributed by atoms with E-state index in [2.05, 4.69) is 22.7 Å². The number of anilines is 1.